The van der Waals surface area contributed by atoms with Crippen LogP contribution in [0.3, 0.4) is 0 Å². The molecule has 256 valence electrons. The zero-order valence-corrected chi connectivity index (χ0v) is 28.7. The number of H-pyrrole nitrogens is 1. The number of aryl methyl sites for hydroxylation is 1. The molecule has 0 radical (unpaired) electrons. The Morgan fingerprint density at radius 2 is 1.82 bits per heavy atom. The van der Waals surface area contributed by atoms with Crippen molar-refractivity contribution >= 4 is 28.4 Å². The summed E-state index contributed by atoms with van der Waals surface area (Å²) in [6.07, 6.45) is 11.0. The molecule has 12 nitrogen and oxygen atoms in total. The molecule has 3 saturated heterocycles. The van der Waals surface area contributed by atoms with Crippen molar-refractivity contribution in [3.63, 3.8) is 0 Å². The average Bonchev–Trinajstić information content (AvgIpc) is 3.84. The molecule has 3 aliphatic heterocycles. The molecule has 3 aromatic heterocycles. The summed E-state index contributed by atoms with van der Waals surface area (Å²) in [7, 11) is 1.94. The van der Waals surface area contributed by atoms with Crippen LogP contribution in [0, 0.1) is 16.7 Å². The van der Waals surface area contributed by atoms with Gasteiger partial charge in [0.15, 0.2) is 5.82 Å². The van der Waals surface area contributed by atoms with Crippen molar-refractivity contribution < 1.29 is 14.3 Å². The normalized spacial score (nSPS) is 28.5. The van der Waals surface area contributed by atoms with E-state index in [-0.39, 0.29) is 23.3 Å². The largest absolute Gasteiger partial charge is 0.475 e. The maximum absolute atomic E-state index is 14.0. The van der Waals surface area contributed by atoms with E-state index in [1.54, 1.807) is 6.20 Å². The summed E-state index contributed by atoms with van der Waals surface area (Å²) >= 11 is 0. The quantitative estimate of drug-likeness (QED) is 0.296. The standard InChI is InChI=1S/C37H45N9O3/c1-24(2)49-30-7-4-25(17-38-30)32-28-16-27(5-6-29(28)40-41-32)46-15-11-35(34(46)48)10-14-44(22-35)18-31(47)45-12-8-26(9-13-45)36-19-37(20-36,21-36)33-39-23-43(3)42-33/h4-7,16-17,23-24,26H,8-15,18-22H2,1-3H3,(H,40,41)/t35-,36?,37?/m0/s1. The second-order valence-electron chi connectivity index (χ2n) is 15.9. The van der Waals surface area contributed by atoms with E-state index in [9.17, 15) is 9.59 Å². The number of rotatable bonds is 8. The predicted molar refractivity (Wildman–Crippen MR) is 184 cm³/mol. The lowest BCUT2D eigenvalue weighted by Crippen LogP contribution is -2.68. The summed E-state index contributed by atoms with van der Waals surface area (Å²) in [4.78, 5) is 42.8. The number of likely N-dealkylation sites (tertiary alicyclic amines) is 2. The first-order valence-electron chi connectivity index (χ1n) is 17.9. The second-order valence-corrected chi connectivity index (χ2v) is 15.9. The number of fused-ring (bicyclic) bond motifs is 1. The van der Waals surface area contributed by atoms with Crippen LogP contribution in [-0.2, 0) is 22.1 Å². The Morgan fingerprint density at radius 3 is 2.53 bits per heavy atom. The summed E-state index contributed by atoms with van der Waals surface area (Å²) in [5.41, 5.74) is 3.71. The second kappa shape index (κ2) is 11.1. The molecule has 4 aromatic rings. The number of hydrogen-bond donors (Lipinski definition) is 1. The van der Waals surface area contributed by atoms with Gasteiger partial charge in [0.1, 0.15) is 12.0 Å². The highest BCUT2D eigenvalue weighted by Gasteiger charge is 2.72. The van der Waals surface area contributed by atoms with Gasteiger partial charge in [-0.3, -0.25) is 24.3 Å². The average molecular weight is 664 g/mol. The lowest BCUT2D eigenvalue weighted by Gasteiger charge is -2.73. The topological polar surface area (TPSA) is 125 Å². The first-order chi connectivity index (χ1) is 23.6. The summed E-state index contributed by atoms with van der Waals surface area (Å²) < 4.78 is 7.52. The Balaban J connectivity index is 0.803. The predicted octanol–water partition coefficient (Wildman–Crippen LogP) is 4.33. The number of ether oxygens (including phenoxy) is 1. The minimum absolute atomic E-state index is 0.0523. The highest BCUT2D eigenvalue weighted by molar-refractivity contribution is 6.03. The highest BCUT2D eigenvalue weighted by Crippen LogP contribution is 2.76. The maximum atomic E-state index is 14.0. The molecule has 3 saturated carbocycles. The molecule has 1 aromatic carbocycles. The maximum Gasteiger partial charge on any atom is 0.236 e. The van der Waals surface area contributed by atoms with Crippen LogP contribution in [0.4, 0.5) is 5.69 Å². The number of piperidine rings is 1. The number of hydrogen-bond acceptors (Lipinski definition) is 8. The van der Waals surface area contributed by atoms with Gasteiger partial charge in [0.05, 0.1) is 23.6 Å². The molecule has 6 fully saturated rings. The molecule has 12 heteroatoms. The zero-order chi connectivity index (χ0) is 33.5. The van der Waals surface area contributed by atoms with Crippen molar-refractivity contribution in [3.05, 3.63) is 48.7 Å². The molecule has 1 atom stereocenters. The van der Waals surface area contributed by atoms with E-state index in [4.69, 9.17) is 4.74 Å². The first-order valence-corrected chi connectivity index (χ1v) is 17.9. The molecule has 1 spiro atoms. The summed E-state index contributed by atoms with van der Waals surface area (Å²) in [5.74, 6) is 2.68. The first kappa shape index (κ1) is 30.7. The Morgan fingerprint density at radius 1 is 1.02 bits per heavy atom. The molecule has 6 heterocycles. The number of nitrogens with one attached hydrogen (secondary N) is 1. The molecule has 2 amide bonds. The van der Waals surface area contributed by atoms with Gasteiger partial charge in [-0.2, -0.15) is 10.2 Å². The lowest BCUT2D eigenvalue weighted by atomic mass is 9.31. The number of aromatic amines is 1. The highest BCUT2D eigenvalue weighted by atomic mass is 16.5. The van der Waals surface area contributed by atoms with Crippen molar-refractivity contribution in [3.8, 4) is 17.1 Å². The van der Waals surface area contributed by atoms with Crippen molar-refractivity contribution in [2.45, 2.75) is 70.3 Å². The SMILES string of the molecule is CC(C)Oc1ccc(-c2n[nH]c3ccc(N4CC[C@]5(CCN(CC(=O)N6CCC(C78CC(c9ncn(C)n9)(C7)C8)CC6)C5)C4=O)cc23)cn1. The van der Waals surface area contributed by atoms with Gasteiger partial charge in [-0.15, -0.1) is 0 Å². The van der Waals surface area contributed by atoms with Gasteiger partial charge in [-0.25, -0.2) is 9.97 Å². The van der Waals surface area contributed by atoms with Crippen LogP contribution in [0.15, 0.2) is 42.9 Å². The number of benzene rings is 1. The van der Waals surface area contributed by atoms with Crippen LogP contribution in [0.2, 0.25) is 0 Å². The fourth-order valence-electron chi connectivity index (χ4n) is 9.91. The molecular formula is C37H45N9O3. The third-order valence-electron chi connectivity index (χ3n) is 12.4. The van der Waals surface area contributed by atoms with E-state index < -0.39 is 5.41 Å². The Hall–Kier alpha value is -4.32. The van der Waals surface area contributed by atoms with E-state index in [2.05, 4.69) is 41.1 Å². The molecule has 1 N–H and O–H groups in total. The van der Waals surface area contributed by atoms with Crippen LogP contribution >= 0.6 is 0 Å². The number of nitrogens with zero attached hydrogens (tertiary/aromatic N) is 8. The lowest BCUT2D eigenvalue weighted by molar-refractivity contribution is -0.195. The van der Waals surface area contributed by atoms with Crippen molar-refractivity contribution in [2.24, 2.45) is 23.8 Å². The van der Waals surface area contributed by atoms with Crippen molar-refractivity contribution in [1.82, 2.24) is 39.7 Å². The number of amides is 2. The molecular weight excluding hydrogens is 618 g/mol. The number of anilines is 1. The van der Waals surface area contributed by atoms with E-state index >= 15 is 0 Å². The number of carbonyl (C=O) groups excluding carboxylic acids is 2. The minimum Gasteiger partial charge on any atom is -0.475 e. The van der Waals surface area contributed by atoms with Crippen LogP contribution in [0.5, 0.6) is 5.88 Å². The van der Waals surface area contributed by atoms with Gasteiger partial charge in [-0.05, 0) is 101 Å². The van der Waals surface area contributed by atoms with E-state index in [1.807, 2.05) is 61.1 Å². The van der Waals surface area contributed by atoms with Crippen molar-refractivity contribution in [2.75, 3.05) is 44.2 Å². The van der Waals surface area contributed by atoms with Crippen molar-refractivity contribution in [1.29, 1.82) is 0 Å². The van der Waals surface area contributed by atoms with Crippen LogP contribution < -0.4 is 9.64 Å². The van der Waals surface area contributed by atoms with Gasteiger partial charge < -0.3 is 14.5 Å². The molecule has 0 unspecified atom stereocenters. The summed E-state index contributed by atoms with van der Waals surface area (Å²) in [6.45, 7) is 8.14. The fraction of sp³-hybridized carbons (Fsp3) is 0.568. The smallest absolute Gasteiger partial charge is 0.236 e. The van der Waals surface area contributed by atoms with Gasteiger partial charge >= 0.3 is 0 Å². The van der Waals surface area contributed by atoms with E-state index in [0.29, 0.717) is 36.8 Å². The third kappa shape index (κ3) is 4.96. The third-order valence-corrected chi connectivity index (χ3v) is 12.4. The van der Waals surface area contributed by atoms with Gasteiger partial charge in [0.25, 0.3) is 0 Å². The molecule has 49 heavy (non-hydrogen) atoms. The zero-order valence-electron chi connectivity index (χ0n) is 28.7. The monoisotopic (exact) mass is 663 g/mol. The van der Waals surface area contributed by atoms with Gasteiger partial charge in [-0.1, -0.05) is 0 Å². The Bertz CT molecular complexity index is 1900. The molecule has 10 rings (SSSR count). The molecule has 3 aliphatic carbocycles. The van der Waals surface area contributed by atoms with E-state index in [0.717, 1.165) is 79.0 Å². The fourth-order valence-corrected chi connectivity index (χ4v) is 9.91. The van der Waals surface area contributed by atoms with Crippen LogP contribution in [-0.4, -0.2) is 96.9 Å². The number of pyridine rings is 1. The van der Waals surface area contributed by atoms with Crippen LogP contribution in [0.25, 0.3) is 22.2 Å². The Labute approximate surface area is 286 Å². The minimum atomic E-state index is -0.430. The summed E-state index contributed by atoms with van der Waals surface area (Å²) in [5, 5.41) is 13.3. The number of carbonyl (C=O) groups is 2. The summed E-state index contributed by atoms with van der Waals surface area (Å²) in [6, 6.07) is 9.88. The van der Waals surface area contributed by atoms with E-state index in [1.165, 1.54) is 19.3 Å². The van der Waals surface area contributed by atoms with Crippen LogP contribution in [0.1, 0.15) is 64.6 Å². The van der Waals surface area contributed by atoms with Gasteiger partial charge in [0.2, 0.25) is 17.7 Å². The van der Waals surface area contributed by atoms with Gasteiger partial charge in [0, 0.05) is 67.5 Å². The molecule has 2 bridgehead atoms. The molecule has 6 aliphatic rings. The Kier molecular flexibility index (Phi) is 6.96. The number of aromatic nitrogens is 6.